The molecular formula is C12H20N2O2. The Labute approximate surface area is 95.9 Å². The van der Waals surface area contributed by atoms with Gasteiger partial charge in [-0.25, -0.2) is 0 Å². The Morgan fingerprint density at radius 3 is 2.75 bits per heavy atom. The standard InChI is InChI=1S/C12H20N2O2/c13-9-8-5-6-16-11(8)10(9)14-12(15)7-3-1-2-4-7/h7-11H,1-6,13H2,(H,14,15). The van der Waals surface area contributed by atoms with Crippen LogP contribution in [0.2, 0.25) is 0 Å². The highest BCUT2D eigenvalue weighted by atomic mass is 16.5. The molecule has 3 fully saturated rings. The topological polar surface area (TPSA) is 64.3 Å². The fraction of sp³-hybridized carbons (Fsp3) is 0.917. The van der Waals surface area contributed by atoms with Gasteiger partial charge in [-0.2, -0.15) is 0 Å². The van der Waals surface area contributed by atoms with Crippen LogP contribution in [0.4, 0.5) is 0 Å². The van der Waals surface area contributed by atoms with Crippen molar-refractivity contribution >= 4 is 5.91 Å². The van der Waals surface area contributed by atoms with Crippen molar-refractivity contribution in [2.75, 3.05) is 6.61 Å². The van der Waals surface area contributed by atoms with E-state index >= 15 is 0 Å². The summed E-state index contributed by atoms with van der Waals surface area (Å²) < 4.78 is 5.60. The monoisotopic (exact) mass is 224 g/mol. The summed E-state index contributed by atoms with van der Waals surface area (Å²) in [6.45, 7) is 0.804. The summed E-state index contributed by atoms with van der Waals surface area (Å²) in [6, 6.07) is 0.179. The molecule has 1 saturated heterocycles. The van der Waals surface area contributed by atoms with Crippen molar-refractivity contribution in [3.63, 3.8) is 0 Å². The molecule has 0 aromatic rings. The van der Waals surface area contributed by atoms with E-state index in [0.717, 1.165) is 25.9 Å². The predicted octanol–water partition coefficient (Wildman–Crippen LogP) is 0.407. The number of nitrogens with two attached hydrogens (primary N) is 1. The SMILES string of the molecule is NC1C2CCOC2C1NC(=O)C1CCCC1. The number of carbonyl (C=O) groups excluding carboxylic acids is 1. The lowest BCUT2D eigenvalue weighted by molar-refractivity contribution is -0.129. The lowest BCUT2D eigenvalue weighted by Gasteiger charge is -2.45. The van der Waals surface area contributed by atoms with Gasteiger partial charge in [-0.3, -0.25) is 4.79 Å². The normalized spacial score (nSPS) is 42.8. The van der Waals surface area contributed by atoms with Crippen LogP contribution in [-0.2, 0) is 9.53 Å². The van der Waals surface area contributed by atoms with E-state index in [1.54, 1.807) is 0 Å². The minimum absolute atomic E-state index is 0.0700. The zero-order valence-corrected chi connectivity index (χ0v) is 9.52. The molecule has 4 nitrogen and oxygen atoms in total. The van der Waals surface area contributed by atoms with Crippen LogP contribution in [-0.4, -0.2) is 30.7 Å². The Morgan fingerprint density at radius 1 is 1.25 bits per heavy atom. The van der Waals surface area contributed by atoms with Gasteiger partial charge in [-0.15, -0.1) is 0 Å². The average Bonchev–Trinajstić information content (AvgIpc) is 2.94. The lowest BCUT2D eigenvalue weighted by atomic mass is 9.72. The average molecular weight is 224 g/mol. The summed E-state index contributed by atoms with van der Waals surface area (Å²) in [5, 5.41) is 3.09. The Hall–Kier alpha value is -0.610. The number of amides is 1. The fourth-order valence-corrected chi connectivity index (χ4v) is 3.40. The summed E-state index contributed by atoms with van der Waals surface area (Å²) in [5.74, 6) is 0.911. The van der Waals surface area contributed by atoms with Crippen molar-refractivity contribution in [2.24, 2.45) is 17.6 Å². The number of hydrogen-bond donors (Lipinski definition) is 2. The van der Waals surface area contributed by atoms with Crippen LogP contribution in [0.5, 0.6) is 0 Å². The number of rotatable bonds is 2. The van der Waals surface area contributed by atoms with Gasteiger partial charge in [0.2, 0.25) is 5.91 Å². The second-order valence-electron chi connectivity index (χ2n) is 5.38. The minimum Gasteiger partial charge on any atom is -0.376 e. The molecule has 90 valence electrons. The van der Waals surface area contributed by atoms with Crippen LogP contribution in [0.15, 0.2) is 0 Å². The van der Waals surface area contributed by atoms with Crippen molar-refractivity contribution in [3.8, 4) is 0 Å². The first kappa shape index (κ1) is 10.5. The van der Waals surface area contributed by atoms with E-state index in [1.807, 2.05) is 0 Å². The van der Waals surface area contributed by atoms with Crippen molar-refractivity contribution in [1.82, 2.24) is 5.32 Å². The number of fused-ring (bicyclic) bond motifs is 1. The summed E-state index contributed by atoms with van der Waals surface area (Å²) in [4.78, 5) is 12.0. The van der Waals surface area contributed by atoms with E-state index in [2.05, 4.69) is 5.32 Å². The number of carbonyl (C=O) groups is 1. The Balaban J connectivity index is 1.56. The molecule has 4 unspecified atom stereocenters. The summed E-state index contributed by atoms with van der Waals surface area (Å²) >= 11 is 0. The third-order valence-corrected chi connectivity index (χ3v) is 4.48. The molecule has 1 heterocycles. The molecule has 3 rings (SSSR count). The second kappa shape index (κ2) is 4.00. The molecule has 2 aliphatic carbocycles. The highest BCUT2D eigenvalue weighted by Crippen LogP contribution is 2.38. The summed E-state index contributed by atoms with van der Waals surface area (Å²) in [7, 11) is 0. The molecule has 0 spiro atoms. The first-order valence-electron chi connectivity index (χ1n) is 6.45. The van der Waals surface area contributed by atoms with Crippen molar-refractivity contribution in [3.05, 3.63) is 0 Å². The van der Waals surface area contributed by atoms with Crippen LogP contribution < -0.4 is 11.1 Å². The Bertz CT molecular complexity index is 289. The first-order chi connectivity index (χ1) is 7.77. The van der Waals surface area contributed by atoms with Gasteiger partial charge in [0.25, 0.3) is 0 Å². The third kappa shape index (κ3) is 1.55. The van der Waals surface area contributed by atoms with Crippen LogP contribution in [0.3, 0.4) is 0 Å². The number of nitrogens with one attached hydrogen (secondary N) is 1. The predicted molar refractivity (Wildman–Crippen MR) is 59.7 cm³/mol. The molecule has 0 bridgehead atoms. The molecular weight excluding hydrogens is 204 g/mol. The molecule has 0 radical (unpaired) electrons. The third-order valence-electron chi connectivity index (χ3n) is 4.48. The summed E-state index contributed by atoms with van der Waals surface area (Å²) in [6.07, 6.45) is 5.72. The zero-order chi connectivity index (χ0) is 11.1. The van der Waals surface area contributed by atoms with E-state index in [9.17, 15) is 4.79 Å². The smallest absolute Gasteiger partial charge is 0.223 e. The molecule has 4 atom stereocenters. The van der Waals surface area contributed by atoms with Gasteiger partial charge in [-0.1, -0.05) is 12.8 Å². The van der Waals surface area contributed by atoms with Gasteiger partial charge >= 0.3 is 0 Å². The van der Waals surface area contributed by atoms with Crippen LogP contribution in [0.25, 0.3) is 0 Å². The van der Waals surface area contributed by atoms with Gasteiger partial charge in [0, 0.05) is 24.5 Å². The van der Waals surface area contributed by atoms with E-state index in [0.29, 0.717) is 5.92 Å². The van der Waals surface area contributed by atoms with E-state index < -0.39 is 0 Å². The Morgan fingerprint density at radius 2 is 2.00 bits per heavy atom. The molecule has 2 saturated carbocycles. The van der Waals surface area contributed by atoms with Gasteiger partial charge in [-0.05, 0) is 19.3 Å². The van der Waals surface area contributed by atoms with Gasteiger partial charge in [0.15, 0.2) is 0 Å². The van der Waals surface area contributed by atoms with E-state index in [-0.39, 0.29) is 30.0 Å². The maximum absolute atomic E-state index is 12.0. The van der Waals surface area contributed by atoms with Crippen LogP contribution >= 0.6 is 0 Å². The minimum atomic E-state index is 0.0700. The maximum Gasteiger partial charge on any atom is 0.223 e. The molecule has 16 heavy (non-hydrogen) atoms. The largest absolute Gasteiger partial charge is 0.376 e. The lowest BCUT2D eigenvalue weighted by Crippen LogP contribution is -2.69. The van der Waals surface area contributed by atoms with Crippen molar-refractivity contribution in [1.29, 1.82) is 0 Å². The first-order valence-corrected chi connectivity index (χ1v) is 6.45. The van der Waals surface area contributed by atoms with Crippen LogP contribution in [0.1, 0.15) is 32.1 Å². The van der Waals surface area contributed by atoms with Crippen LogP contribution in [0, 0.1) is 11.8 Å². The molecule has 1 aliphatic heterocycles. The molecule has 3 aliphatic rings. The summed E-state index contributed by atoms with van der Waals surface area (Å²) in [5.41, 5.74) is 6.06. The zero-order valence-electron chi connectivity index (χ0n) is 9.52. The highest BCUT2D eigenvalue weighted by molar-refractivity contribution is 5.79. The molecule has 1 amide bonds. The van der Waals surface area contributed by atoms with E-state index in [1.165, 1.54) is 12.8 Å². The molecule has 4 heteroatoms. The molecule has 3 N–H and O–H groups in total. The number of ether oxygens (including phenoxy) is 1. The number of hydrogen-bond acceptors (Lipinski definition) is 3. The maximum atomic E-state index is 12.0. The Kier molecular flexibility index (Phi) is 2.64. The molecule has 0 aromatic heterocycles. The quantitative estimate of drug-likeness (QED) is 0.714. The second-order valence-corrected chi connectivity index (χ2v) is 5.38. The van der Waals surface area contributed by atoms with Gasteiger partial charge in [0.05, 0.1) is 12.1 Å². The highest BCUT2D eigenvalue weighted by Gasteiger charge is 2.52. The van der Waals surface area contributed by atoms with E-state index in [4.69, 9.17) is 10.5 Å². The van der Waals surface area contributed by atoms with Gasteiger partial charge < -0.3 is 15.8 Å². The fourth-order valence-electron chi connectivity index (χ4n) is 3.40. The van der Waals surface area contributed by atoms with Gasteiger partial charge in [0.1, 0.15) is 0 Å². The van der Waals surface area contributed by atoms with Crippen molar-refractivity contribution < 1.29 is 9.53 Å². The van der Waals surface area contributed by atoms with Crippen molar-refractivity contribution in [2.45, 2.75) is 50.3 Å². The molecule has 0 aromatic carbocycles.